The van der Waals surface area contributed by atoms with Gasteiger partial charge < -0.3 is 0 Å². The van der Waals surface area contributed by atoms with Crippen LogP contribution >= 0.6 is 23.2 Å². The van der Waals surface area contributed by atoms with Crippen molar-refractivity contribution in [3.8, 4) is 0 Å². The molecule has 0 saturated carbocycles. The molecule has 0 spiro atoms. The Bertz CT molecular complexity index is 535. The summed E-state index contributed by atoms with van der Waals surface area (Å²) in [5.41, 5.74) is 2.74. The Labute approximate surface area is 118 Å². The second-order valence-corrected chi connectivity index (χ2v) is 5.81. The summed E-state index contributed by atoms with van der Waals surface area (Å²) in [4.78, 5) is 2.46. The van der Waals surface area contributed by atoms with Crippen LogP contribution in [0.15, 0.2) is 23.2 Å². The zero-order valence-corrected chi connectivity index (χ0v) is 11.5. The number of hydrogen-bond donors (Lipinski definition) is 1. The molecule has 0 radical (unpaired) electrons. The maximum atomic E-state index is 12.8. The van der Waals surface area contributed by atoms with Gasteiger partial charge in [0.1, 0.15) is 5.00 Å². The van der Waals surface area contributed by atoms with Gasteiger partial charge in [0, 0.05) is 5.02 Å². The maximum absolute atomic E-state index is 12.8. The predicted molar refractivity (Wildman–Crippen MR) is 70.1 cm³/mol. The number of hydrazine groups is 1. The summed E-state index contributed by atoms with van der Waals surface area (Å²) in [5, 5.41) is 1.51. The Hall–Kier alpha value is -1.14. The fraction of sp³-hybridized carbons (Fsp3) is 0.364. The SMILES string of the molecule is CC(C)(Cl)N1NC(C(F)(F)F)=Nc2cc(Cl)ccc21. The van der Waals surface area contributed by atoms with Gasteiger partial charge in [-0.1, -0.05) is 23.2 Å². The number of benzene rings is 1. The molecule has 1 aromatic rings. The van der Waals surface area contributed by atoms with Gasteiger partial charge in [0.15, 0.2) is 0 Å². The Morgan fingerprint density at radius 2 is 1.89 bits per heavy atom. The molecular formula is C11H10Cl2F3N3. The molecule has 0 saturated heterocycles. The first-order valence-electron chi connectivity index (χ1n) is 5.30. The molecule has 104 valence electrons. The average molecular weight is 312 g/mol. The highest BCUT2D eigenvalue weighted by Gasteiger charge is 2.42. The number of anilines is 1. The van der Waals surface area contributed by atoms with Gasteiger partial charge in [-0.2, -0.15) is 13.2 Å². The van der Waals surface area contributed by atoms with E-state index in [0.29, 0.717) is 10.7 Å². The summed E-state index contributed by atoms with van der Waals surface area (Å²) in [6.45, 7) is 3.14. The normalized spacial score (nSPS) is 15.7. The van der Waals surface area contributed by atoms with E-state index in [2.05, 4.69) is 10.4 Å². The van der Waals surface area contributed by atoms with Crippen LogP contribution in [0.25, 0.3) is 0 Å². The number of fused-ring (bicyclic) bond motifs is 1. The number of nitrogens with zero attached hydrogens (tertiary/aromatic N) is 2. The molecule has 3 nitrogen and oxygen atoms in total. The van der Waals surface area contributed by atoms with Gasteiger partial charge in [0.2, 0.25) is 5.84 Å². The number of hydrogen-bond acceptors (Lipinski definition) is 3. The van der Waals surface area contributed by atoms with Crippen LogP contribution in [0, 0.1) is 0 Å². The third-order valence-electron chi connectivity index (χ3n) is 2.43. The molecule has 0 bridgehead atoms. The highest BCUT2D eigenvalue weighted by molar-refractivity contribution is 6.31. The molecule has 1 N–H and O–H groups in total. The van der Waals surface area contributed by atoms with Crippen molar-refractivity contribution in [3.05, 3.63) is 23.2 Å². The van der Waals surface area contributed by atoms with Crippen molar-refractivity contribution in [2.75, 3.05) is 5.01 Å². The number of nitrogens with one attached hydrogen (secondary N) is 1. The molecule has 0 aliphatic carbocycles. The maximum Gasteiger partial charge on any atom is 0.450 e. The molecule has 0 unspecified atom stereocenters. The first-order chi connectivity index (χ1) is 8.59. The van der Waals surface area contributed by atoms with Crippen molar-refractivity contribution in [2.24, 2.45) is 4.99 Å². The van der Waals surface area contributed by atoms with Gasteiger partial charge in [-0.25, -0.2) is 4.99 Å². The largest absolute Gasteiger partial charge is 0.450 e. The highest BCUT2D eigenvalue weighted by Crippen LogP contribution is 2.39. The van der Waals surface area contributed by atoms with Crippen molar-refractivity contribution in [2.45, 2.75) is 25.0 Å². The molecular weight excluding hydrogens is 302 g/mol. The van der Waals surface area contributed by atoms with Crippen molar-refractivity contribution < 1.29 is 13.2 Å². The standard InChI is InChI=1S/C11H10Cl2F3N3/c1-10(2,13)19-8-4-3-6(12)5-7(8)17-9(18-19)11(14,15)16/h3-5H,1-2H3,(H,17,18). The van der Waals surface area contributed by atoms with Crippen LogP contribution < -0.4 is 10.4 Å². The van der Waals surface area contributed by atoms with E-state index in [0.717, 1.165) is 0 Å². The molecule has 19 heavy (non-hydrogen) atoms. The van der Waals surface area contributed by atoms with Crippen molar-refractivity contribution >= 4 is 40.4 Å². The van der Waals surface area contributed by atoms with Crippen LogP contribution in [-0.4, -0.2) is 17.0 Å². The molecule has 0 aromatic heterocycles. The predicted octanol–water partition coefficient (Wildman–Crippen LogP) is 4.23. The van der Waals surface area contributed by atoms with Gasteiger partial charge in [-0.15, -0.1) is 0 Å². The van der Waals surface area contributed by atoms with Gasteiger partial charge in [0.05, 0.1) is 11.4 Å². The Kier molecular flexibility index (Phi) is 3.35. The molecule has 1 aliphatic heterocycles. The van der Waals surface area contributed by atoms with E-state index in [1.165, 1.54) is 11.1 Å². The fourth-order valence-electron chi connectivity index (χ4n) is 1.63. The zero-order valence-electron chi connectivity index (χ0n) is 10.0. The van der Waals surface area contributed by atoms with Crippen LogP contribution in [-0.2, 0) is 0 Å². The topological polar surface area (TPSA) is 27.6 Å². The van der Waals surface area contributed by atoms with E-state index < -0.39 is 17.0 Å². The Morgan fingerprint density at radius 3 is 2.42 bits per heavy atom. The lowest BCUT2D eigenvalue weighted by Crippen LogP contribution is -2.56. The lowest BCUT2D eigenvalue weighted by molar-refractivity contribution is -0.0621. The highest BCUT2D eigenvalue weighted by atomic mass is 35.5. The number of alkyl halides is 4. The van der Waals surface area contributed by atoms with Crippen molar-refractivity contribution in [1.82, 2.24) is 5.43 Å². The summed E-state index contributed by atoms with van der Waals surface area (Å²) in [7, 11) is 0. The van der Waals surface area contributed by atoms with E-state index in [9.17, 15) is 13.2 Å². The third kappa shape index (κ3) is 2.90. The molecule has 2 rings (SSSR count). The molecule has 0 amide bonds. The van der Waals surface area contributed by atoms with Gasteiger partial charge in [-0.05, 0) is 32.0 Å². The van der Waals surface area contributed by atoms with Gasteiger partial charge in [-0.3, -0.25) is 10.4 Å². The smallest absolute Gasteiger partial charge is 0.276 e. The first kappa shape index (κ1) is 14.3. The number of aliphatic imine (C=N–C) groups is 1. The monoisotopic (exact) mass is 311 g/mol. The molecule has 8 heteroatoms. The summed E-state index contributed by atoms with van der Waals surface area (Å²) in [6.07, 6.45) is -4.60. The van der Waals surface area contributed by atoms with Gasteiger partial charge in [0.25, 0.3) is 0 Å². The quantitative estimate of drug-likeness (QED) is 0.621. The second kappa shape index (κ2) is 4.45. The molecule has 1 aromatic carbocycles. The number of halogens is 5. The van der Waals surface area contributed by atoms with Crippen LogP contribution in [0.3, 0.4) is 0 Å². The van der Waals surface area contributed by atoms with Crippen molar-refractivity contribution in [3.63, 3.8) is 0 Å². The van der Waals surface area contributed by atoms with Crippen LogP contribution in [0.2, 0.25) is 5.02 Å². The summed E-state index contributed by atoms with van der Waals surface area (Å²) >= 11 is 11.9. The second-order valence-electron chi connectivity index (χ2n) is 4.45. The van der Waals surface area contributed by atoms with Crippen molar-refractivity contribution in [1.29, 1.82) is 0 Å². The average Bonchev–Trinajstić information content (AvgIpc) is 2.24. The molecule has 0 fully saturated rings. The summed E-state index contributed by atoms with van der Waals surface area (Å²) in [6, 6.07) is 4.48. The van der Waals surface area contributed by atoms with Gasteiger partial charge >= 0.3 is 6.18 Å². The fourth-order valence-corrected chi connectivity index (χ4v) is 1.93. The summed E-state index contributed by atoms with van der Waals surface area (Å²) in [5.74, 6) is -1.13. The van der Waals surface area contributed by atoms with E-state index in [-0.39, 0.29) is 5.69 Å². The number of rotatable bonds is 1. The third-order valence-corrected chi connectivity index (χ3v) is 2.83. The zero-order chi connectivity index (χ0) is 14.4. The Balaban J connectivity index is 2.58. The van der Waals surface area contributed by atoms with Crippen LogP contribution in [0.5, 0.6) is 0 Å². The minimum atomic E-state index is -4.60. The van der Waals surface area contributed by atoms with E-state index >= 15 is 0 Å². The van der Waals surface area contributed by atoms with E-state index in [1.54, 1.807) is 26.0 Å². The Morgan fingerprint density at radius 1 is 1.26 bits per heavy atom. The first-order valence-corrected chi connectivity index (χ1v) is 6.06. The molecule has 1 heterocycles. The molecule has 1 aliphatic rings. The minimum absolute atomic E-state index is 0.118. The minimum Gasteiger partial charge on any atom is -0.276 e. The number of amidine groups is 1. The lowest BCUT2D eigenvalue weighted by Gasteiger charge is -2.39. The lowest BCUT2D eigenvalue weighted by atomic mass is 10.2. The van der Waals surface area contributed by atoms with E-state index in [1.807, 2.05) is 0 Å². The van der Waals surface area contributed by atoms with Crippen LogP contribution in [0.1, 0.15) is 13.8 Å². The van der Waals surface area contributed by atoms with Crippen LogP contribution in [0.4, 0.5) is 24.5 Å². The molecule has 0 atom stereocenters. The van der Waals surface area contributed by atoms with E-state index in [4.69, 9.17) is 23.2 Å². The summed E-state index contributed by atoms with van der Waals surface area (Å²) < 4.78 is 38.4.